The lowest BCUT2D eigenvalue weighted by molar-refractivity contribution is -0.234. The van der Waals surface area contributed by atoms with Crippen molar-refractivity contribution >= 4 is 11.8 Å². The highest BCUT2D eigenvalue weighted by Crippen LogP contribution is 2.69. The molecule has 4 rings (SSSR count). The first kappa shape index (κ1) is 15.8. The highest BCUT2D eigenvalue weighted by atomic mass is 16.7. The standard InChI is InChI=1S/C20H24O4/c1-5-11(2)14(21)10-13-12(3)9-15-16-19(4)7-6-8-20(13,16)18(23-15)24-17(19)22/h5,9,13,15-16,18H,1-2,6-8,10H2,3-4H3/t13-,15+,16-,18?,19-,20+/m0/s1. The van der Waals surface area contributed by atoms with Crippen LogP contribution in [0.25, 0.3) is 0 Å². The summed E-state index contributed by atoms with van der Waals surface area (Å²) in [6.07, 6.45) is 6.13. The Morgan fingerprint density at radius 3 is 2.92 bits per heavy atom. The second kappa shape index (κ2) is 4.92. The van der Waals surface area contributed by atoms with Gasteiger partial charge in [0.25, 0.3) is 0 Å². The third-order valence-corrected chi connectivity index (χ3v) is 6.92. The molecule has 0 aromatic carbocycles. The van der Waals surface area contributed by atoms with Crippen molar-refractivity contribution in [2.75, 3.05) is 0 Å². The van der Waals surface area contributed by atoms with Gasteiger partial charge >= 0.3 is 5.97 Å². The van der Waals surface area contributed by atoms with Gasteiger partial charge in [0.2, 0.25) is 6.29 Å². The van der Waals surface area contributed by atoms with Crippen LogP contribution < -0.4 is 0 Å². The topological polar surface area (TPSA) is 52.6 Å². The molecule has 0 spiro atoms. The minimum Gasteiger partial charge on any atom is -0.435 e. The zero-order chi connectivity index (χ0) is 17.3. The Morgan fingerprint density at radius 1 is 1.46 bits per heavy atom. The molecule has 2 heterocycles. The molecule has 0 aromatic rings. The van der Waals surface area contributed by atoms with Crippen molar-refractivity contribution in [2.24, 2.45) is 22.7 Å². The number of carbonyl (C=O) groups is 2. The molecule has 1 unspecified atom stereocenters. The van der Waals surface area contributed by atoms with E-state index in [1.807, 2.05) is 6.92 Å². The van der Waals surface area contributed by atoms with E-state index < -0.39 is 11.7 Å². The maximum Gasteiger partial charge on any atom is 0.314 e. The monoisotopic (exact) mass is 328 g/mol. The Labute approximate surface area is 142 Å². The van der Waals surface area contributed by atoms with Gasteiger partial charge in [-0.15, -0.1) is 0 Å². The maximum absolute atomic E-state index is 12.6. The second-order valence-corrected chi connectivity index (χ2v) is 8.02. The van der Waals surface area contributed by atoms with E-state index in [0.29, 0.717) is 12.0 Å². The van der Waals surface area contributed by atoms with Crippen LogP contribution in [0.1, 0.15) is 39.5 Å². The number of ether oxygens (including phenoxy) is 2. The van der Waals surface area contributed by atoms with Crippen molar-refractivity contribution in [2.45, 2.75) is 51.9 Å². The predicted molar refractivity (Wildman–Crippen MR) is 88.8 cm³/mol. The first-order valence-electron chi connectivity index (χ1n) is 8.74. The molecule has 0 radical (unpaired) electrons. The van der Waals surface area contributed by atoms with Gasteiger partial charge in [-0.25, -0.2) is 0 Å². The van der Waals surface area contributed by atoms with Gasteiger partial charge in [-0.3, -0.25) is 9.59 Å². The van der Waals surface area contributed by atoms with E-state index in [-0.39, 0.29) is 35.1 Å². The van der Waals surface area contributed by atoms with E-state index >= 15 is 0 Å². The lowest BCUT2D eigenvalue weighted by Crippen LogP contribution is -2.62. The molecule has 128 valence electrons. The van der Waals surface area contributed by atoms with Crippen LogP contribution in [-0.4, -0.2) is 24.1 Å². The quantitative estimate of drug-likeness (QED) is 0.344. The molecule has 4 aliphatic rings. The fourth-order valence-corrected chi connectivity index (χ4v) is 5.82. The SMILES string of the molecule is C=CC(=C)C(=O)C[C@H]1C(C)=C[C@H]2OC3OC(=O)[C@@]4(C)CCC[C@@]31[C@@H]24. The Kier molecular flexibility index (Phi) is 3.24. The van der Waals surface area contributed by atoms with Gasteiger partial charge in [0.15, 0.2) is 5.78 Å². The number of ketones is 1. The summed E-state index contributed by atoms with van der Waals surface area (Å²) in [6.45, 7) is 11.5. The average Bonchev–Trinajstić information content (AvgIpc) is 2.74. The molecule has 0 N–H and O–H groups in total. The van der Waals surface area contributed by atoms with E-state index in [0.717, 1.165) is 19.3 Å². The summed E-state index contributed by atoms with van der Waals surface area (Å²) >= 11 is 0. The molecule has 3 fully saturated rings. The summed E-state index contributed by atoms with van der Waals surface area (Å²) in [6, 6.07) is 0. The molecule has 6 atom stereocenters. The molecule has 2 aliphatic heterocycles. The summed E-state index contributed by atoms with van der Waals surface area (Å²) in [5, 5.41) is 0. The van der Waals surface area contributed by atoms with E-state index in [1.165, 1.54) is 11.6 Å². The highest BCUT2D eigenvalue weighted by molar-refractivity contribution is 5.97. The molecule has 2 saturated heterocycles. The molecule has 0 amide bonds. The van der Waals surface area contributed by atoms with Crippen LogP contribution in [0.2, 0.25) is 0 Å². The number of carbonyl (C=O) groups excluding carboxylic acids is 2. The number of allylic oxidation sites excluding steroid dienone is 3. The van der Waals surface area contributed by atoms with Crippen LogP contribution in [0.5, 0.6) is 0 Å². The molecule has 4 heteroatoms. The van der Waals surface area contributed by atoms with Crippen molar-refractivity contribution in [1.29, 1.82) is 0 Å². The fourth-order valence-electron chi connectivity index (χ4n) is 5.82. The lowest BCUT2D eigenvalue weighted by atomic mass is 9.46. The van der Waals surface area contributed by atoms with Gasteiger partial charge in [0.1, 0.15) is 0 Å². The maximum atomic E-state index is 12.6. The van der Waals surface area contributed by atoms with Gasteiger partial charge < -0.3 is 9.47 Å². The molecule has 24 heavy (non-hydrogen) atoms. The van der Waals surface area contributed by atoms with Crippen molar-refractivity contribution < 1.29 is 19.1 Å². The molecular formula is C20H24O4. The Morgan fingerprint density at radius 2 is 2.21 bits per heavy atom. The summed E-state index contributed by atoms with van der Waals surface area (Å²) in [7, 11) is 0. The Bertz CT molecular complexity index is 690. The Hall–Kier alpha value is -1.68. The normalized spacial score (nSPS) is 45.2. The van der Waals surface area contributed by atoms with Crippen molar-refractivity contribution in [3.05, 3.63) is 36.5 Å². The van der Waals surface area contributed by atoms with Crippen LogP contribution in [0.3, 0.4) is 0 Å². The largest absolute Gasteiger partial charge is 0.435 e. The Balaban J connectivity index is 1.80. The van der Waals surface area contributed by atoms with E-state index in [9.17, 15) is 9.59 Å². The third kappa shape index (κ3) is 1.72. The minimum absolute atomic E-state index is 0.0131. The van der Waals surface area contributed by atoms with Gasteiger partial charge in [-0.05, 0) is 32.6 Å². The van der Waals surface area contributed by atoms with E-state index in [4.69, 9.17) is 9.47 Å². The smallest absolute Gasteiger partial charge is 0.314 e. The second-order valence-electron chi connectivity index (χ2n) is 8.02. The number of hydrogen-bond acceptors (Lipinski definition) is 4. The number of Topliss-reactive ketones (excluding diaryl/α,β-unsaturated/α-hetero) is 1. The van der Waals surface area contributed by atoms with Gasteiger partial charge in [0, 0.05) is 23.3 Å². The third-order valence-electron chi connectivity index (χ3n) is 6.92. The van der Waals surface area contributed by atoms with Gasteiger partial charge in [0.05, 0.1) is 11.5 Å². The lowest BCUT2D eigenvalue weighted by Gasteiger charge is -2.58. The molecule has 2 aliphatic carbocycles. The van der Waals surface area contributed by atoms with Gasteiger partial charge in [-0.1, -0.05) is 37.3 Å². The predicted octanol–water partition coefficient (Wildman–Crippen LogP) is 3.34. The van der Waals surface area contributed by atoms with Crippen LogP contribution >= 0.6 is 0 Å². The fraction of sp³-hybridized carbons (Fsp3) is 0.600. The summed E-state index contributed by atoms with van der Waals surface area (Å²) in [4.78, 5) is 25.1. The summed E-state index contributed by atoms with van der Waals surface area (Å²) in [5.74, 6) is 0.00896. The van der Waals surface area contributed by atoms with E-state index in [2.05, 4.69) is 26.2 Å². The first-order chi connectivity index (χ1) is 11.3. The van der Waals surface area contributed by atoms with Crippen LogP contribution in [-0.2, 0) is 19.1 Å². The van der Waals surface area contributed by atoms with Crippen molar-refractivity contribution in [3.63, 3.8) is 0 Å². The van der Waals surface area contributed by atoms with Crippen LogP contribution in [0.4, 0.5) is 0 Å². The minimum atomic E-state index is -0.531. The molecule has 4 nitrogen and oxygen atoms in total. The number of hydrogen-bond donors (Lipinski definition) is 0. The molecular weight excluding hydrogens is 304 g/mol. The van der Waals surface area contributed by atoms with Crippen molar-refractivity contribution in [1.82, 2.24) is 0 Å². The molecule has 5 bridgehead atoms. The number of rotatable bonds is 4. The zero-order valence-corrected chi connectivity index (χ0v) is 14.3. The summed E-state index contributed by atoms with van der Waals surface area (Å²) in [5.41, 5.74) is 0.831. The zero-order valence-electron chi connectivity index (χ0n) is 14.3. The highest BCUT2D eigenvalue weighted by Gasteiger charge is 2.74. The van der Waals surface area contributed by atoms with Gasteiger partial charge in [-0.2, -0.15) is 0 Å². The van der Waals surface area contributed by atoms with Crippen LogP contribution in [0.15, 0.2) is 36.5 Å². The van der Waals surface area contributed by atoms with Crippen LogP contribution in [0, 0.1) is 22.7 Å². The molecule has 1 saturated carbocycles. The number of esters is 1. The summed E-state index contributed by atoms with van der Waals surface area (Å²) < 4.78 is 11.9. The average molecular weight is 328 g/mol. The van der Waals surface area contributed by atoms with Crippen molar-refractivity contribution in [3.8, 4) is 0 Å². The first-order valence-corrected chi connectivity index (χ1v) is 8.74. The molecule has 0 aromatic heterocycles. The van der Waals surface area contributed by atoms with E-state index in [1.54, 1.807) is 0 Å².